The molecule has 1 saturated heterocycles. The van der Waals surface area contributed by atoms with Crippen molar-refractivity contribution in [2.24, 2.45) is 14.1 Å². The highest BCUT2D eigenvalue weighted by atomic mass is 16.5. The summed E-state index contributed by atoms with van der Waals surface area (Å²) in [7, 11) is 2.96. The number of ether oxygens (including phenoxy) is 1. The van der Waals surface area contributed by atoms with Crippen LogP contribution in [0.3, 0.4) is 0 Å². The number of nitrogens with one attached hydrogen (secondary N) is 1. The molecular weight excluding hydrogens is 236 g/mol. The van der Waals surface area contributed by atoms with Crippen LogP contribution >= 0.6 is 0 Å². The van der Waals surface area contributed by atoms with Crippen molar-refractivity contribution in [1.29, 1.82) is 0 Å². The highest BCUT2D eigenvalue weighted by molar-refractivity contribution is 5.29. The van der Waals surface area contributed by atoms with Gasteiger partial charge in [0, 0.05) is 27.2 Å². The smallest absolute Gasteiger partial charge is 0.346 e. The summed E-state index contributed by atoms with van der Waals surface area (Å²) in [5, 5.41) is 6.88. The number of rotatable bonds is 3. The second-order valence-electron chi connectivity index (χ2n) is 4.49. The van der Waals surface area contributed by atoms with Gasteiger partial charge in [-0.2, -0.15) is 0 Å². The molecule has 2 heterocycles. The van der Waals surface area contributed by atoms with Gasteiger partial charge in [0.05, 0.1) is 6.10 Å². The molecule has 1 aromatic rings. The minimum atomic E-state index is -0.431. The summed E-state index contributed by atoms with van der Waals surface area (Å²) in [5.41, 5.74) is -0.839. The van der Waals surface area contributed by atoms with Crippen molar-refractivity contribution in [2.45, 2.75) is 25.4 Å². The third-order valence-corrected chi connectivity index (χ3v) is 3.09. The van der Waals surface area contributed by atoms with Crippen molar-refractivity contribution in [1.82, 2.24) is 14.3 Å². The summed E-state index contributed by atoms with van der Waals surface area (Å²) in [6, 6.07) is 0. The minimum absolute atomic E-state index is 0.113. The lowest BCUT2D eigenvalue weighted by Gasteiger charge is -2.22. The molecule has 0 aliphatic carbocycles. The molecule has 7 nitrogen and oxygen atoms in total. The van der Waals surface area contributed by atoms with Gasteiger partial charge in [0.1, 0.15) is 0 Å². The molecule has 1 aliphatic rings. The average molecular weight is 254 g/mol. The predicted octanol–water partition coefficient (Wildman–Crippen LogP) is -0.540. The van der Waals surface area contributed by atoms with Crippen LogP contribution in [0.15, 0.2) is 9.59 Å². The Morgan fingerprint density at radius 1 is 1.39 bits per heavy atom. The lowest BCUT2D eigenvalue weighted by atomic mass is 10.1. The molecule has 18 heavy (non-hydrogen) atoms. The molecule has 1 N–H and O–H groups in total. The summed E-state index contributed by atoms with van der Waals surface area (Å²) in [6.45, 7) is 1.31. The monoisotopic (exact) mass is 254 g/mol. The summed E-state index contributed by atoms with van der Waals surface area (Å²) in [6.07, 6.45) is 3.34. The van der Waals surface area contributed by atoms with E-state index in [1.165, 1.54) is 14.1 Å². The first-order valence-electron chi connectivity index (χ1n) is 6.09. The molecular formula is C11H18N4O3. The van der Waals surface area contributed by atoms with E-state index < -0.39 is 11.2 Å². The fourth-order valence-electron chi connectivity index (χ4n) is 1.99. The van der Waals surface area contributed by atoms with Gasteiger partial charge in [0.2, 0.25) is 5.82 Å². The van der Waals surface area contributed by atoms with E-state index in [-0.39, 0.29) is 11.9 Å². The van der Waals surface area contributed by atoms with Crippen molar-refractivity contribution >= 4 is 5.82 Å². The normalized spacial score (nSPS) is 19.8. The summed E-state index contributed by atoms with van der Waals surface area (Å²) in [4.78, 5) is 23.3. The molecule has 0 saturated carbocycles. The van der Waals surface area contributed by atoms with Gasteiger partial charge in [0.25, 0.3) is 5.56 Å². The standard InChI is InChI=1S/C11H18N4O3/c1-14-10(16)9(13-15(2)11(14)17)12-7-8-5-3-4-6-18-8/h8H,3-7H2,1-2H3,(H,12,13). The number of aromatic nitrogens is 3. The molecule has 1 fully saturated rings. The third-order valence-electron chi connectivity index (χ3n) is 3.09. The number of anilines is 1. The van der Waals surface area contributed by atoms with Gasteiger partial charge in [-0.05, 0) is 19.3 Å². The van der Waals surface area contributed by atoms with Gasteiger partial charge in [-0.3, -0.25) is 9.36 Å². The van der Waals surface area contributed by atoms with E-state index in [9.17, 15) is 9.59 Å². The maximum Gasteiger partial charge on any atom is 0.346 e. The molecule has 1 aromatic heterocycles. The molecule has 7 heteroatoms. The van der Waals surface area contributed by atoms with Crippen LogP contribution in [-0.2, 0) is 18.8 Å². The molecule has 2 rings (SSSR count). The van der Waals surface area contributed by atoms with E-state index >= 15 is 0 Å². The van der Waals surface area contributed by atoms with Crippen molar-refractivity contribution in [3.63, 3.8) is 0 Å². The van der Waals surface area contributed by atoms with Crippen molar-refractivity contribution in [3.05, 3.63) is 20.8 Å². The van der Waals surface area contributed by atoms with E-state index in [4.69, 9.17) is 4.74 Å². The van der Waals surface area contributed by atoms with Crippen molar-refractivity contribution in [3.8, 4) is 0 Å². The summed E-state index contributed by atoms with van der Waals surface area (Å²) < 4.78 is 7.74. The maximum atomic E-state index is 11.8. The van der Waals surface area contributed by atoms with Crippen LogP contribution in [0.4, 0.5) is 5.82 Å². The lowest BCUT2D eigenvalue weighted by Crippen LogP contribution is -2.41. The molecule has 1 unspecified atom stereocenters. The lowest BCUT2D eigenvalue weighted by molar-refractivity contribution is 0.0247. The quantitative estimate of drug-likeness (QED) is 0.784. The summed E-state index contributed by atoms with van der Waals surface area (Å²) >= 11 is 0. The predicted molar refractivity (Wildman–Crippen MR) is 66.8 cm³/mol. The molecule has 0 spiro atoms. The van der Waals surface area contributed by atoms with Crippen LogP contribution in [0.1, 0.15) is 19.3 Å². The van der Waals surface area contributed by atoms with E-state index in [1.807, 2.05) is 0 Å². The zero-order valence-corrected chi connectivity index (χ0v) is 10.7. The van der Waals surface area contributed by atoms with Crippen LogP contribution in [0.2, 0.25) is 0 Å². The van der Waals surface area contributed by atoms with Gasteiger partial charge in [0.15, 0.2) is 0 Å². The fourth-order valence-corrected chi connectivity index (χ4v) is 1.99. The Balaban J connectivity index is 2.10. The van der Waals surface area contributed by atoms with Crippen LogP contribution in [0.5, 0.6) is 0 Å². The number of hydrogen-bond donors (Lipinski definition) is 1. The molecule has 100 valence electrons. The highest BCUT2D eigenvalue weighted by Crippen LogP contribution is 2.12. The Morgan fingerprint density at radius 2 is 2.17 bits per heavy atom. The minimum Gasteiger partial charge on any atom is -0.376 e. The van der Waals surface area contributed by atoms with E-state index in [0.717, 1.165) is 35.1 Å². The van der Waals surface area contributed by atoms with Crippen LogP contribution in [-0.4, -0.2) is 33.6 Å². The number of hydrogen-bond acceptors (Lipinski definition) is 5. The van der Waals surface area contributed by atoms with Gasteiger partial charge in [-0.25, -0.2) is 9.48 Å². The Hall–Kier alpha value is -1.63. The Bertz CT molecular complexity index is 528. The zero-order chi connectivity index (χ0) is 13.1. The average Bonchev–Trinajstić information content (AvgIpc) is 2.40. The molecule has 0 bridgehead atoms. The Labute approximate surface area is 104 Å². The first kappa shape index (κ1) is 12.8. The topological polar surface area (TPSA) is 78.2 Å². The first-order valence-corrected chi connectivity index (χ1v) is 6.09. The van der Waals surface area contributed by atoms with Crippen molar-refractivity contribution < 1.29 is 4.74 Å². The zero-order valence-electron chi connectivity index (χ0n) is 10.7. The van der Waals surface area contributed by atoms with Crippen molar-refractivity contribution in [2.75, 3.05) is 18.5 Å². The highest BCUT2D eigenvalue weighted by Gasteiger charge is 2.15. The van der Waals surface area contributed by atoms with E-state index in [0.29, 0.717) is 6.54 Å². The molecule has 1 aliphatic heterocycles. The van der Waals surface area contributed by atoms with E-state index in [2.05, 4.69) is 10.4 Å². The van der Waals surface area contributed by atoms with Crippen LogP contribution < -0.4 is 16.6 Å². The molecule has 0 radical (unpaired) electrons. The van der Waals surface area contributed by atoms with Gasteiger partial charge in [-0.1, -0.05) is 0 Å². The van der Waals surface area contributed by atoms with Gasteiger partial charge >= 0.3 is 5.69 Å². The first-order chi connectivity index (χ1) is 8.59. The Kier molecular flexibility index (Phi) is 3.81. The molecule has 1 atom stereocenters. The van der Waals surface area contributed by atoms with Gasteiger partial charge < -0.3 is 10.1 Å². The summed E-state index contributed by atoms with van der Waals surface area (Å²) in [5.74, 6) is 0.189. The van der Waals surface area contributed by atoms with Crippen LogP contribution in [0, 0.1) is 0 Å². The molecule has 0 aromatic carbocycles. The Morgan fingerprint density at radius 3 is 2.83 bits per heavy atom. The van der Waals surface area contributed by atoms with Gasteiger partial charge in [-0.15, -0.1) is 5.10 Å². The number of nitrogens with zero attached hydrogens (tertiary/aromatic N) is 3. The maximum absolute atomic E-state index is 11.8. The van der Waals surface area contributed by atoms with E-state index in [1.54, 1.807) is 0 Å². The third kappa shape index (κ3) is 2.61. The second-order valence-corrected chi connectivity index (χ2v) is 4.49. The SMILES string of the molecule is Cn1nc(NCC2CCCCO2)c(=O)n(C)c1=O. The number of aryl methyl sites for hydroxylation is 1. The van der Waals surface area contributed by atoms with Crippen LogP contribution in [0.25, 0.3) is 0 Å². The molecule has 0 amide bonds. The largest absolute Gasteiger partial charge is 0.376 e. The second kappa shape index (κ2) is 5.34. The fraction of sp³-hybridized carbons (Fsp3) is 0.727.